The lowest BCUT2D eigenvalue weighted by molar-refractivity contribution is -0.137. The fourth-order valence-electron chi connectivity index (χ4n) is 1.88. The topological polar surface area (TPSA) is 85.4 Å². The lowest BCUT2D eigenvalue weighted by Gasteiger charge is -2.10. The molecule has 0 aliphatic carbocycles. The van der Waals surface area contributed by atoms with Crippen LogP contribution in [0.2, 0.25) is 0 Å². The fraction of sp³-hybridized carbons (Fsp3) is 0.200. The summed E-state index contributed by atoms with van der Waals surface area (Å²) in [5.74, 6) is -3.91. The van der Waals surface area contributed by atoms with Gasteiger partial charge in [0.1, 0.15) is 18.2 Å². The molecular formula is C15H11F5N2O4S. The molecule has 0 bridgehead atoms. The van der Waals surface area contributed by atoms with Crippen molar-refractivity contribution in [1.82, 2.24) is 9.71 Å². The minimum Gasteiger partial charge on any atom is -0.473 e. The number of hydrogen-bond acceptors (Lipinski definition) is 5. The summed E-state index contributed by atoms with van der Waals surface area (Å²) in [5.41, 5.74) is -2.20. The van der Waals surface area contributed by atoms with E-state index in [1.54, 1.807) is 0 Å². The summed E-state index contributed by atoms with van der Waals surface area (Å²) >= 11 is 0. The number of aromatic nitrogens is 1. The largest absolute Gasteiger partial charge is 0.473 e. The normalized spacial score (nSPS) is 11.9. The molecule has 27 heavy (non-hydrogen) atoms. The summed E-state index contributed by atoms with van der Waals surface area (Å²) in [6.45, 7) is -0.588. The molecule has 146 valence electrons. The van der Waals surface area contributed by atoms with Gasteiger partial charge in [-0.05, 0) is 18.2 Å². The second-order valence-electron chi connectivity index (χ2n) is 5.30. The van der Waals surface area contributed by atoms with Gasteiger partial charge in [0.15, 0.2) is 0 Å². The Bertz CT molecular complexity index is 959. The van der Waals surface area contributed by atoms with Gasteiger partial charge in [0, 0.05) is 17.8 Å². The summed E-state index contributed by atoms with van der Waals surface area (Å²) in [6.07, 6.45) is -3.40. The quantitative estimate of drug-likeness (QED) is 0.766. The van der Waals surface area contributed by atoms with Crippen LogP contribution in [0.4, 0.5) is 22.0 Å². The first-order chi connectivity index (χ1) is 12.4. The van der Waals surface area contributed by atoms with Crippen molar-refractivity contribution >= 4 is 15.9 Å². The average molecular weight is 410 g/mol. The number of rotatable bonds is 5. The highest BCUT2D eigenvalue weighted by molar-refractivity contribution is 7.89. The first-order valence-electron chi connectivity index (χ1n) is 7.03. The van der Waals surface area contributed by atoms with Gasteiger partial charge >= 0.3 is 6.18 Å². The molecule has 2 rings (SSSR count). The zero-order chi connectivity index (χ0) is 20.4. The molecule has 1 N–H and O–H groups in total. The van der Waals surface area contributed by atoms with Gasteiger partial charge in [-0.25, -0.2) is 26.9 Å². The molecule has 0 saturated carbocycles. The Balaban J connectivity index is 2.14. The van der Waals surface area contributed by atoms with Gasteiger partial charge in [-0.3, -0.25) is 4.79 Å². The predicted molar refractivity (Wildman–Crippen MR) is 82.2 cm³/mol. The fourth-order valence-corrected chi connectivity index (χ4v) is 2.33. The van der Waals surface area contributed by atoms with Crippen molar-refractivity contribution in [2.24, 2.45) is 0 Å². The van der Waals surface area contributed by atoms with Crippen LogP contribution in [0.15, 0.2) is 30.5 Å². The average Bonchev–Trinajstić information content (AvgIpc) is 2.53. The van der Waals surface area contributed by atoms with Crippen LogP contribution in [-0.4, -0.2) is 25.6 Å². The zero-order valence-corrected chi connectivity index (χ0v) is 14.3. The second-order valence-corrected chi connectivity index (χ2v) is 7.05. The maximum atomic E-state index is 14.0. The molecule has 0 aliphatic rings. The van der Waals surface area contributed by atoms with Crippen LogP contribution >= 0.6 is 0 Å². The summed E-state index contributed by atoms with van der Waals surface area (Å²) < 4.78 is 93.7. The van der Waals surface area contributed by atoms with E-state index in [4.69, 9.17) is 4.74 Å². The molecule has 0 saturated heterocycles. The highest BCUT2D eigenvalue weighted by atomic mass is 32.2. The van der Waals surface area contributed by atoms with Crippen molar-refractivity contribution in [2.45, 2.75) is 12.8 Å². The van der Waals surface area contributed by atoms with E-state index >= 15 is 0 Å². The van der Waals surface area contributed by atoms with Crippen molar-refractivity contribution in [3.63, 3.8) is 0 Å². The molecule has 0 unspecified atom stereocenters. The number of carbonyl (C=O) groups excluding carboxylic acids is 1. The summed E-state index contributed by atoms with van der Waals surface area (Å²) in [7, 11) is -3.97. The molecule has 6 nitrogen and oxygen atoms in total. The van der Waals surface area contributed by atoms with Crippen molar-refractivity contribution < 1.29 is 39.9 Å². The number of ether oxygens (including phenoxy) is 1. The van der Waals surface area contributed by atoms with Gasteiger partial charge in [-0.2, -0.15) is 13.2 Å². The number of carbonyl (C=O) groups is 1. The van der Waals surface area contributed by atoms with Gasteiger partial charge in [-0.15, -0.1) is 0 Å². The summed E-state index contributed by atoms with van der Waals surface area (Å²) in [4.78, 5) is 15.0. The first kappa shape index (κ1) is 20.6. The van der Waals surface area contributed by atoms with Gasteiger partial charge in [0.25, 0.3) is 5.91 Å². The molecule has 1 aromatic carbocycles. The Morgan fingerprint density at radius 2 is 1.85 bits per heavy atom. The van der Waals surface area contributed by atoms with Crippen molar-refractivity contribution in [3.8, 4) is 5.88 Å². The lowest BCUT2D eigenvalue weighted by Crippen LogP contribution is -2.30. The Labute approximate surface area is 150 Å². The Morgan fingerprint density at radius 1 is 1.19 bits per heavy atom. The SMILES string of the molecule is CS(=O)(=O)NC(=O)c1cc(F)c(COc2ccc(C(F)(F)F)cn2)cc1F. The molecule has 2 aromatic rings. The minimum atomic E-state index is -4.58. The Morgan fingerprint density at radius 3 is 2.37 bits per heavy atom. The third-order valence-electron chi connectivity index (χ3n) is 3.10. The number of nitrogens with zero attached hydrogens (tertiary/aromatic N) is 1. The Hall–Kier alpha value is -2.76. The van der Waals surface area contributed by atoms with Crippen LogP contribution < -0.4 is 9.46 Å². The van der Waals surface area contributed by atoms with E-state index < -0.39 is 51.5 Å². The highest BCUT2D eigenvalue weighted by Gasteiger charge is 2.30. The third kappa shape index (κ3) is 5.61. The van der Waals surface area contributed by atoms with Gasteiger partial charge in [0.05, 0.1) is 17.4 Å². The van der Waals surface area contributed by atoms with E-state index in [1.807, 2.05) is 0 Å². The van der Waals surface area contributed by atoms with E-state index in [0.29, 0.717) is 30.7 Å². The van der Waals surface area contributed by atoms with E-state index in [-0.39, 0.29) is 11.4 Å². The minimum absolute atomic E-state index is 0.262. The molecule has 0 radical (unpaired) electrons. The van der Waals surface area contributed by atoms with E-state index in [1.165, 1.54) is 4.72 Å². The van der Waals surface area contributed by atoms with Crippen molar-refractivity contribution in [1.29, 1.82) is 0 Å². The molecule has 0 atom stereocenters. The molecule has 0 fully saturated rings. The van der Waals surface area contributed by atoms with Crippen molar-refractivity contribution in [3.05, 3.63) is 58.8 Å². The highest BCUT2D eigenvalue weighted by Crippen LogP contribution is 2.29. The zero-order valence-electron chi connectivity index (χ0n) is 13.5. The predicted octanol–water partition coefficient (Wildman–Crippen LogP) is 2.65. The number of amides is 1. The van der Waals surface area contributed by atoms with Crippen LogP contribution in [-0.2, 0) is 22.8 Å². The van der Waals surface area contributed by atoms with Crippen LogP contribution in [0.3, 0.4) is 0 Å². The molecule has 0 aliphatic heterocycles. The number of sulfonamides is 1. The molecular weight excluding hydrogens is 399 g/mol. The molecule has 1 heterocycles. The first-order valence-corrected chi connectivity index (χ1v) is 8.92. The van der Waals surface area contributed by atoms with E-state index in [9.17, 15) is 35.2 Å². The summed E-state index contributed by atoms with van der Waals surface area (Å²) in [5, 5.41) is 0. The lowest BCUT2D eigenvalue weighted by atomic mass is 10.1. The molecule has 12 heteroatoms. The Kier molecular flexibility index (Phi) is 5.68. The molecule has 1 aromatic heterocycles. The van der Waals surface area contributed by atoms with E-state index in [2.05, 4.69) is 4.98 Å². The van der Waals surface area contributed by atoms with Crippen LogP contribution in [0.25, 0.3) is 0 Å². The van der Waals surface area contributed by atoms with Crippen LogP contribution in [0.5, 0.6) is 5.88 Å². The third-order valence-corrected chi connectivity index (χ3v) is 3.65. The number of benzene rings is 1. The summed E-state index contributed by atoms with van der Waals surface area (Å²) in [6, 6.07) is 2.70. The molecule has 1 amide bonds. The van der Waals surface area contributed by atoms with E-state index in [0.717, 1.165) is 6.07 Å². The molecule has 0 spiro atoms. The number of hydrogen-bond donors (Lipinski definition) is 1. The number of pyridine rings is 1. The number of alkyl halides is 3. The standard InChI is InChI=1S/C15H11F5N2O4S/c1-27(24,25)22-14(23)10-5-11(16)8(4-12(10)17)7-26-13-3-2-9(6-21-13)15(18,19)20/h2-6H,7H2,1H3,(H,22,23). The van der Waals surface area contributed by atoms with Gasteiger partial charge < -0.3 is 4.74 Å². The maximum Gasteiger partial charge on any atom is 0.417 e. The smallest absolute Gasteiger partial charge is 0.417 e. The van der Waals surface area contributed by atoms with Gasteiger partial charge in [0.2, 0.25) is 15.9 Å². The van der Waals surface area contributed by atoms with Crippen LogP contribution in [0, 0.1) is 11.6 Å². The van der Waals surface area contributed by atoms with Crippen molar-refractivity contribution in [2.75, 3.05) is 6.26 Å². The monoisotopic (exact) mass is 410 g/mol. The second kappa shape index (κ2) is 7.47. The van der Waals surface area contributed by atoms with Crippen LogP contribution in [0.1, 0.15) is 21.5 Å². The van der Waals surface area contributed by atoms with Gasteiger partial charge in [-0.1, -0.05) is 0 Å². The maximum absolute atomic E-state index is 14.0. The number of halogens is 5. The number of nitrogens with one attached hydrogen (secondary N) is 1.